The Hall–Kier alpha value is -2.21. The second-order valence-corrected chi connectivity index (χ2v) is 5.23. The van der Waals surface area contributed by atoms with Gasteiger partial charge in [0, 0.05) is 17.5 Å². The summed E-state index contributed by atoms with van der Waals surface area (Å²) in [4.78, 5) is 26.6. The fourth-order valence-corrected chi connectivity index (χ4v) is 2.65. The molecule has 0 aliphatic carbocycles. The molecule has 110 valence electrons. The van der Waals surface area contributed by atoms with Crippen LogP contribution in [0.3, 0.4) is 0 Å². The van der Waals surface area contributed by atoms with Crippen LogP contribution >= 0.6 is 0 Å². The molecular formula is C15H16FN3O2. The number of halogens is 1. The quantitative estimate of drug-likeness (QED) is 0.776. The normalized spacial score (nSPS) is 16.0. The molecule has 3 rings (SSSR count). The molecule has 0 saturated carbocycles. The first-order valence-electron chi connectivity index (χ1n) is 6.97. The smallest absolute Gasteiger partial charge is 0.252 e. The lowest BCUT2D eigenvalue weighted by Crippen LogP contribution is -2.42. The van der Waals surface area contributed by atoms with Crippen LogP contribution in [0.5, 0.6) is 0 Å². The summed E-state index contributed by atoms with van der Waals surface area (Å²) in [5, 5.41) is 6.71. The van der Waals surface area contributed by atoms with Gasteiger partial charge in [-0.2, -0.15) is 0 Å². The van der Waals surface area contributed by atoms with Gasteiger partial charge < -0.3 is 15.6 Å². The van der Waals surface area contributed by atoms with Gasteiger partial charge in [0.15, 0.2) is 0 Å². The summed E-state index contributed by atoms with van der Waals surface area (Å²) in [5.41, 5.74) is 0.203. The van der Waals surface area contributed by atoms with Gasteiger partial charge in [0.2, 0.25) is 5.56 Å². The zero-order chi connectivity index (χ0) is 14.8. The summed E-state index contributed by atoms with van der Waals surface area (Å²) in [7, 11) is 0. The number of nitrogens with one attached hydrogen (secondary N) is 3. The fourth-order valence-electron chi connectivity index (χ4n) is 2.65. The Morgan fingerprint density at radius 3 is 2.76 bits per heavy atom. The van der Waals surface area contributed by atoms with Gasteiger partial charge >= 0.3 is 0 Å². The third-order valence-corrected chi connectivity index (χ3v) is 3.72. The van der Waals surface area contributed by atoms with Gasteiger partial charge in [0.1, 0.15) is 5.82 Å². The van der Waals surface area contributed by atoms with Crippen LogP contribution in [0.15, 0.2) is 29.1 Å². The molecule has 0 atom stereocenters. The lowest BCUT2D eigenvalue weighted by Gasteiger charge is -2.23. The zero-order valence-electron chi connectivity index (χ0n) is 11.4. The minimum atomic E-state index is -0.450. The number of benzene rings is 1. The van der Waals surface area contributed by atoms with Crippen molar-refractivity contribution in [2.45, 2.75) is 18.9 Å². The molecule has 1 aromatic heterocycles. The monoisotopic (exact) mass is 289 g/mol. The van der Waals surface area contributed by atoms with E-state index in [4.69, 9.17) is 0 Å². The maximum absolute atomic E-state index is 13.2. The summed E-state index contributed by atoms with van der Waals surface area (Å²) in [6.07, 6.45) is 1.73. The second kappa shape index (κ2) is 5.65. The Morgan fingerprint density at radius 2 is 2.00 bits per heavy atom. The van der Waals surface area contributed by atoms with Crippen LogP contribution in [0.4, 0.5) is 4.39 Å². The molecule has 0 spiro atoms. The highest BCUT2D eigenvalue weighted by Gasteiger charge is 2.18. The van der Waals surface area contributed by atoms with Crippen molar-refractivity contribution in [3.63, 3.8) is 0 Å². The van der Waals surface area contributed by atoms with Crippen molar-refractivity contribution in [3.8, 4) is 0 Å². The number of aromatic nitrogens is 1. The van der Waals surface area contributed by atoms with E-state index in [0.29, 0.717) is 10.9 Å². The predicted molar refractivity (Wildman–Crippen MR) is 77.9 cm³/mol. The molecule has 0 unspecified atom stereocenters. The second-order valence-electron chi connectivity index (χ2n) is 5.23. The van der Waals surface area contributed by atoms with E-state index in [0.717, 1.165) is 25.9 Å². The van der Waals surface area contributed by atoms with E-state index in [1.54, 1.807) is 0 Å². The molecule has 2 heterocycles. The van der Waals surface area contributed by atoms with E-state index >= 15 is 0 Å². The van der Waals surface area contributed by atoms with E-state index in [1.807, 2.05) is 0 Å². The number of amides is 1. The molecule has 0 bridgehead atoms. The molecule has 1 amide bonds. The average molecular weight is 289 g/mol. The van der Waals surface area contributed by atoms with E-state index in [1.165, 1.54) is 24.3 Å². The number of piperidine rings is 1. The molecule has 6 heteroatoms. The van der Waals surface area contributed by atoms with Gasteiger partial charge in [-0.05, 0) is 44.1 Å². The predicted octanol–water partition coefficient (Wildman–Crippen LogP) is 1.15. The summed E-state index contributed by atoms with van der Waals surface area (Å²) < 4.78 is 13.2. The summed E-state index contributed by atoms with van der Waals surface area (Å²) >= 11 is 0. The molecule has 1 saturated heterocycles. The fraction of sp³-hybridized carbons (Fsp3) is 0.333. The Morgan fingerprint density at radius 1 is 1.24 bits per heavy atom. The number of hydrogen-bond acceptors (Lipinski definition) is 3. The lowest BCUT2D eigenvalue weighted by molar-refractivity contribution is 0.0931. The number of H-pyrrole nitrogens is 1. The van der Waals surface area contributed by atoms with Crippen molar-refractivity contribution < 1.29 is 9.18 Å². The van der Waals surface area contributed by atoms with Crippen molar-refractivity contribution >= 4 is 16.8 Å². The Bertz CT molecular complexity index is 735. The number of carbonyl (C=O) groups excluding carboxylic acids is 1. The molecule has 1 aromatic carbocycles. The minimum absolute atomic E-state index is 0.105. The Kier molecular flexibility index (Phi) is 3.70. The van der Waals surface area contributed by atoms with Crippen molar-refractivity contribution in [2.24, 2.45) is 0 Å². The number of fused-ring (bicyclic) bond motifs is 1. The van der Waals surface area contributed by atoms with Crippen molar-refractivity contribution in [2.75, 3.05) is 13.1 Å². The van der Waals surface area contributed by atoms with Crippen LogP contribution in [0.2, 0.25) is 0 Å². The SMILES string of the molecule is O=C(NC1CCNCC1)c1cc(=O)[nH]c2cc(F)ccc12. The van der Waals surface area contributed by atoms with Gasteiger partial charge in [0.25, 0.3) is 5.91 Å². The highest BCUT2D eigenvalue weighted by Crippen LogP contribution is 2.17. The van der Waals surface area contributed by atoms with Crippen molar-refractivity contribution in [1.82, 2.24) is 15.6 Å². The Balaban J connectivity index is 1.95. The Labute approximate surface area is 120 Å². The highest BCUT2D eigenvalue weighted by atomic mass is 19.1. The van der Waals surface area contributed by atoms with Crippen molar-refractivity contribution in [3.05, 3.63) is 46.0 Å². The maximum Gasteiger partial charge on any atom is 0.252 e. The first-order chi connectivity index (χ1) is 10.1. The largest absolute Gasteiger partial charge is 0.349 e. The number of hydrogen-bond donors (Lipinski definition) is 3. The third kappa shape index (κ3) is 2.95. The standard InChI is InChI=1S/C15H16FN3O2/c16-9-1-2-11-12(8-14(20)19-13(11)7-9)15(21)18-10-3-5-17-6-4-10/h1-2,7-8,10,17H,3-6H2,(H,18,21)(H,19,20). The van der Waals surface area contributed by atoms with Gasteiger partial charge in [-0.15, -0.1) is 0 Å². The van der Waals surface area contributed by atoms with Gasteiger partial charge in [-0.1, -0.05) is 0 Å². The minimum Gasteiger partial charge on any atom is -0.349 e. The lowest BCUT2D eigenvalue weighted by atomic mass is 10.0. The topological polar surface area (TPSA) is 74.0 Å². The number of pyridine rings is 1. The van der Waals surface area contributed by atoms with Crippen LogP contribution in [0, 0.1) is 5.82 Å². The van der Waals surface area contributed by atoms with Gasteiger partial charge in [-0.25, -0.2) is 4.39 Å². The van der Waals surface area contributed by atoms with Crippen molar-refractivity contribution in [1.29, 1.82) is 0 Å². The van der Waals surface area contributed by atoms with Crippen LogP contribution in [-0.4, -0.2) is 30.0 Å². The molecule has 21 heavy (non-hydrogen) atoms. The van der Waals surface area contributed by atoms with Crippen LogP contribution in [0.25, 0.3) is 10.9 Å². The zero-order valence-corrected chi connectivity index (χ0v) is 11.4. The molecule has 1 aliphatic rings. The first-order valence-corrected chi connectivity index (χ1v) is 6.97. The summed E-state index contributed by atoms with van der Waals surface area (Å²) in [6, 6.07) is 5.38. The molecule has 3 N–H and O–H groups in total. The molecule has 1 fully saturated rings. The van der Waals surface area contributed by atoms with E-state index in [2.05, 4.69) is 15.6 Å². The maximum atomic E-state index is 13.2. The molecule has 1 aliphatic heterocycles. The summed E-state index contributed by atoms with van der Waals surface area (Å²) in [6.45, 7) is 1.73. The van der Waals surface area contributed by atoms with E-state index < -0.39 is 11.4 Å². The average Bonchev–Trinajstić information content (AvgIpc) is 2.47. The molecule has 0 radical (unpaired) electrons. The number of aromatic amines is 1. The highest BCUT2D eigenvalue weighted by molar-refractivity contribution is 6.06. The number of carbonyl (C=O) groups is 1. The number of rotatable bonds is 2. The molecular weight excluding hydrogens is 273 g/mol. The molecule has 2 aromatic rings. The third-order valence-electron chi connectivity index (χ3n) is 3.72. The van der Waals surface area contributed by atoms with Crippen LogP contribution < -0.4 is 16.2 Å². The van der Waals surface area contributed by atoms with Gasteiger partial charge in [-0.3, -0.25) is 9.59 Å². The van der Waals surface area contributed by atoms with Crippen LogP contribution in [-0.2, 0) is 0 Å². The van der Waals surface area contributed by atoms with E-state index in [-0.39, 0.29) is 17.5 Å². The first kappa shape index (κ1) is 13.8. The van der Waals surface area contributed by atoms with Gasteiger partial charge in [0.05, 0.1) is 11.1 Å². The van der Waals surface area contributed by atoms with Crippen LogP contribution in [0.1, 0.15) is 23.2 Å². The summed E-state index contributed by atoms with van der Waals surface area (Å²) in [5.74, 6) is -0.737. The van der Waals surface area contributed by atoms with E-state index in [9.17, 15) is 14.0 Å². The molecule has 5 nitrogen and oxygen atoms in total.